The maximum atomic E-state index is 3.63. The molecule has 1 saturated carbocycles. The maximum absolute atomic E-state index is 3.63. The molecule has 1 aromatic carbocycles. The molecule has 21 heavy (non-hydrogen) atoms. The predicted octanol–water partition coefficient (Wildman–Crippen LogP) is 4.72. The van der Waals surface area contributed by atoms with Crippen LogP contribution in [-0.2, 0) is 6.54 Å². The molecule has 3 rings (SSSR count). The van der Waals surface area contributed by atoms with E-state index in [2.05, 4.69) is 51.3 Å². The van der Waals surface area contributed by atoms with Gasteiger partial charge in [-0.3, -0.25) is 0 Å². The molecule has 1 aromatic rings. The number of rotatable bonds is 5. The lowest BCUT2D eigenvalue weighted by Gasteiger charge is -2.33. The number of anilines is 1. The van der Waals surface area contributed by atoms with E-state index in [0.717, 1.165) is 25.0 Å². The summed E-state index contributed by atoms with van der Waals surface area (Å²) in [7, 11) is 0. The van der Waals surface area contributed by atoms with E-state index in [4.69, 9.17) is 0 Å². The summed E-state index contributed by atoms with van der Waals surface area (Å²) in [5.74, 6) is 0.933. The smallest absolute Gasteiger partial charge is 0.0415 e. The van der Waals surface area contributed by atoms with Crippen molar-refractivity contribution >= 4 is 21.6 Å². The minimum atomic E-state index is 0.786. The van der Waals surface area contributed by atoms with Gasteiger partial charge < -0.3 is 10.2 Å². The fourth-order valence-corrected chi connectivity index (χ4v) is 4.57. The Labute approximate surface area is 137 Å². The molecule has 1 saturated heterocycles. The van der Waals surface area contributed by atoms with E-state index < -0.39 is 0 Å². The van der Waals surface area contributed by atoms with Crippen molar-refractivity contribution in [1.29, 1.82) is 0 Å². The normalized spacial score (nSPS) is 23.1. The van der Waals surface area contributed by atoms with Crippen LogP contribution in [0.25, 0.3) is 0 Å². The summed E-state index contributed by atoms with van der Waals surface area (Å²) in [6, 6.07) is 7.61. The molecule has 0 aromatic heterocycles. The standard InChI is InChI=1S/C18H27BrN2/c1-2-20-13-15-12-16(19)9-10-18(15)21-11-5-8-17(21)14-6-3-4-7-14/h9-10,12,14,17,20H,2-8,11,13H2,1H3. The SMILES string of the molecule is CCNCc1cc(Br)ccc1N1CCCC1C1CCCC1. The molecule has 116 valence electrons. The van der Waals surface area contributed by atoms with Crippen molar-refractivity contribution in [3.8, 4) is 0 Å². The molecule has 1 unspecified atom stereocenters. The van der Waals surface area contributed by atoms with E-state index in [9.17, 15) is 0 Å². The molecule has 1 aliphatic carbocycles. The summed E-state index contributed by atoms with van der Waals surface area (Å²) >= 11 is 3.63. The first-order chi connectivity index (χ1) is 10.3. The Kier molecular flexibility index (Phi) is 5.23. The van der Waals surface area contributed by atoms with Gasteiger partial charge in [0.25, 0.3) is 0 Å². The summed E-state index contributed by atoms with van der Waals surface area (Å²) in [5.41, 5.74) is 2.91. The monoisotopic (exact) mass is 350 g/mol. The molecule has 0 spiro atoms. The Balaban J connectivity index is 1.83. The van der Waals surface area contributed by atoms with Crippen molar-refractivity contribution in [3.05, 3.63) is 28.2 Å². The first kappa shape index (κ1) is 15.4. The van der Waals surface area contributed by atoms with Crippen molar-refractivity contribution in [3.63, 3.8) is 0 Å². The fraction of sp³-hybridized carbons (Fsp3) is 0.667. The zero-order chi connectivity index (χ0) is 14.7. The number of benzene rings is 1. The molecular weight excluding hydrogens is 324 g/mol. The lowest BCUT2D eigenvalue weighted by Crippen LogP contribution is -2.35. The van der Waals surface area contributed by atoms with E-state index in [1.54, 1.807) is 0 Å². The molecule has 2 fully saturated rings. The zero-order valence-electron chi connectivity index (χ0n) is 13.1. The average molecular weight is 351 g/mol. The van der Waals surface area contributed by atoms with E-state index in [1.165, 1.54) is 60.8 Å². The van der Waals surface area contributed by atoms with Gasteiger partial charge in [-0.2, -0.15) is 0 Å². The quantitative estimate of drug-likeness (QED) is 0.826. The molecular formula is C18H27BrN2. The Hall–Kier alpha value is -0.540. The Morgan fingerprint density at radius 1 is 1.19 bits per heavy atom. The Morgan fingerprint density at radius 3 is 2.76 bits per heavy atom. The van der Waals surface area contributed by atoms with Gasteiger partial charge >= 0.3 is 0 Å². The van der Waals surface area contributed by atoms with Crippen LogP contribution in [0.3, 0.4) is 0 Å². The van der Waals surface area contributed by atoms with Gasteiger partial charge in [0.1, 0.15) is 0 Å². The van der Waals surface area contributed by atoms with Gasteiger partial charge in [-0.05, 0) is 61.9 Å². The van der Waals surface area contributed by atoms with Crippen molar-refractivity contribution in [2.24, 2.45) is 5.92 Å². The summed E-state index contributed by atoms with van der Waals surface area (Å²) in [4.78, 5) is 2.72. The molecule has 0 radical (unpaired) electrons. The van der Waals surface area contributed by atoms with E-state index in [0.29, 0.717) is 0 Å². The average Bonchev–Trinajstić information content (AvgIpc) is 3.15. The van der Waals surface area contributed by atoms with Crippen LogP contribution in [0.15, 0.2) is 22.7 Å². The molecule has 1 N–H and O–H groups in total. The van der Waals surface area contributed by atoms with Gasteiger partial charge in [0.05, 0.1) is 0 Å². The van der Waals surface area contributed by atoms with Gasteiger partial charge in [0.2, 0.25) is 0 Å². The molecule has 2 nitrogen and oxygen atoms in total. The summed E-state index contributed by atoms with van der Waals surface area (Å²) in [6.45, 7) is 5.41. The third-order valence-corrected chi connectivity index (χ3v) is 5.65. The van der Waals surface area contributed by atoms with Crippen LogP contribution in [0, 0.1) is 5.92 Å². The summed E-state index contributed by atoms with van der Waals surface area (Å²) in [6.07, 6.45) is 8.53. The topological polar surface area (TPSA) is 15.3 Å². The largest absolute Gasteiger partial charge is 0.368 e. The third kappa shape index (κ3) is 3.45. The lowest BCUT2D eigenvalue weighted by atomic mass is 9.95. The highest BCUT2D eigenvalue weighted by molar-refractivity contribution is 9.10. The van der Waals surface area contributed by atoms with E-state index >= 15 is 0 Å². The van der Waals surface area contributed by atoms with Gasteiger partial charge in [0.15, 0.2) is 0 Å². The van der Waals surface area contributed by atoms with E-state index in [1.807, 2.05) is 0 Å². The Bertz CT molecular complexity index is 468. The lowest BCUT2D eigenvalue weighted by molar-refractivity contribution is 0.430. The highest BCUT2D eigenvalue weighted by Crippen LogP contribution is 2.39. The maximum Gasteiger partial charge on any atom is 0.0415 e. The van der Waals surface area contributed by atoms with Crippen molar-refractivity contribution in [2.45, 2.75) is 58.0 Å². The third-order valence-electron chi connectivity index (χ3n) is 5.16. The second-order valence-electron chi connectivity index (χ2n) is 6.50. The number of nitrogens with zero attached hydrogens (tertiary/aromatic N) is 1. The van der Waals surface area contributed by atoms with Gasteiger partial charge in [-0.15, -0.1) is 0 Å². The number of halogens is 1. The summed E-state index contributed by atoms with van der Waals surface area (Å²) in [5, 5.41) is 3.49. The molecule has 2 aliphatic rings. The number of hydrogen-bond donors (Lipinski definition) is 1. The molecule has 1 heterocycles. The van der Waals surface area contributed by atoms with Crippen LogP contribution < -0.4 is 10.2 Å². The summed E-state index contributed by atoms with van der Waals surface area (Å²) < 4.78 is 1.19. The fourth-order valence-electron chi connectivity index (χ4n) is 4.16. The molecule has 0 bridgehead atoms. The second kappa shape index (κ2) is 7.15. The first-order valence-electron chi connectivity index (χ1n) is 8.55. The minimum Gasteiger partial charge on any atom is -0.368 e. The highest BCUT2D eigenvalue weighted by atomic mass is 79.9. The molecule has 0 amide bonds. The van der Waals surface area contributed by atoms with Crippen molar-refractivity contribution in [1.82, 2.24) is 5.32 Å². The zero-order valence-corrected chi connectivity index (χ0v) is 14.7. The van der Waals surface area contributed by atoms with Crippen LogP contribution in [0.4, 0.5) is 5.69 Å². The van der Waals surface area contributed by atoms with Crippen LogP contribution in [0.1, 0.15) is 51.0 Å². The van der Waals surface area contributed by atoms with Gasteiger partial charge in [-0.25, -0.2) is 0 Å². The van der Waals surface area contributed by atoms with Gasteiger partial charge in [0, 0.05) is 29.3 Å². The molecule has 3 heteroatoms. The van der Waals surface area contributed by atoms with Crippen molar-refractivity contribution in [2.75, 3.05) is 18.0 Å². The number of nitrogens with one attached hydrogen (secondary N) is 1. The number of hydrogen-bond acceptors (Lipinski definition) is 2. The highest BCUT2D eigenvalue weighted by Gasteiger charge is 2.34. The van der Waals surface area contributed by atoms with Crippen LogP contribution in [-0.4, -0.2) is 19.1 Å². The first-order valence-corrected chi connectivity index (χ1v) is 9.34. The van der Waals surface area contributed by atoms with Crippen LogP contribution >= 0.6 is 15.9 Å². The minimum absolute atomic E-state index is 0.786. The van der Waals surface area contributed by atoms with Crippen LogP contribution in [0.5, 0.6) is 0 Å². The second-order valence-corrected chi connectivity index (χ2v) is 7.42. The van der Waals surface area contributed by atoms with E-state index in [-0.39, 0.29) is 0 Å². The van der Waals surface area contributed by atoms with Crippen molar-refractivity contribution < 1.29 is 0 Å². The predicted molar refractivity (Wildman–Crippen MR) is 93.8 cm³/mol. The van der Waals surface area contributed by atoms with Gasteiger partial charge in [-0.1, -0.05) is 35.7 Å². The Morgan fingerprint density at radius 2 is 2.00 bits per heavy atom. The van der Waals surface area contributed by atoms with Crippen LogP contribution in [0.2, 0.25) is 0 Å². The molecule has 1 atom stereocenters. The molecule has 1 aliphatic heterocycles.